The van der Waals surface area contributed by atoms with E-state index in [-0.39, 0.29) is 23.7 Å². The smallest absolute Gasteiger partial charge is 0.332 e. The summed E-state index contributed by atoms with van der Waals surface area (Å²) in [6.07, 6.45) is -5.43. The van der Waals surface area contributed by atoms with E-state index in [0.717, 1.165) is 18.6 Å². The van der Waals surface area contributed by atoms with Crippen molar-refractivity contribution in [2.75, 3.05) is 12.8 Å². The fourth-order valence-corrected chi connectivity index (χ4v) is 3.86. The topological polar surface area (TPSA) is 141 Å². The largest absolute Gasteiger partial charge is 0.469 e. The zero-order chi connectivity index (χ0) is 24.6. The van der Waals surface area contributed by atoms with Crippen LogP contribution in [0, 0.1) is 5.82 Å². The van der Waals surface area contributed by atoms with Crippen LogP contribution in [-0.4, -0.2) is 56.5 Å². The molecule has 4 rings (SSSR count). The summed E-state index contributed by atoms with van der Waals surface area (Å²) in [6, 6.07) is 5.49. The molecule has 0 spiro atoms. The standard InChI is InChI=1S/C21H21F2N5O6/c1-10(29)33-17-16(23)14(7-15(30)32-2)34-19(17)28-18-13(8-25-20(24)26-18)27(21(28)31)9-11-3-5-12(22)6-4-11/h3-6,8,14,16-17,19H,7,9H2,1-2H3,(H2,24,25,26)/t14-,16-,17-,19-/m1/s1. The van der Waals surface area contributed by atoms with Crippen molar-refractivity contribution in [1.29, 1.82) is 0 Å². The Morgan fingerprint density at radius 3 is 2.62 bits per heavy atom. The monoisotopic (exact) mass is 477 g/mol. The van der Waals surface area contributed by atoms with Gasteiger partial charge in [0.2, 0.25) is 5.95 Å². The van der Waals surface area contributed by atoms with E-state index in [0.29, 0.717) is 5.56 Å². The van der Waals surface area contributed by atoms with Crippen LogP contribution in [0.1, 0.15) is 25.1 Å². The van der Waals surface area contributed by atoms with Gasteiger partial charge < -0.3 is 19.9 Å². The molecule has 1 aliphatic rings. The Bertz CT molecular complexity index is 1290. The molecule has 1 aromatic carbocycles. The SMILES string of the molecule is COC(=O)C[C@H]1O[C@@H](n2c(=O)n(Cc3ccc(F)cc3)c3cnc(N)nc32)[C@H](OC(C)=O)[C@@H]1F. The van der Waals surface area contributed by atoms with Crippen LogP contribution in [0.15, 0.2) is 35.3 Å². The number of carbonyl (C=O) groups is 2. The lowest BCUT2D eigenvalue weighted by atomic mass is 10.1. The molecule has 2 aromatic heterocycles. The highest BCUT2D eigenvalue weighted by atomic mass is 19.1. The highest BCUT2D eigenvalue weighted by molar-refractivity contribution is 5.72. The van der Waals surface area contributed by atoms with Gasteiger partial charge in [0.25, 0.3) is 0 Å². The molecule has 180 valence electrons. The van der Waals surface area contributed by atoms with Gasteiger partial charge in [-0.25, -0.2) is 23.1 Å². The van der Waals surface area contributed by atoms with Gasteiger partial charge in [-0.1, -0.05) is 12.1 Å². The number of halogens is 2. The van der Waals surface area contributed by atoms with Crippen LogP contribution in [0.4, 0.5) is 14.7 Å². The molecule has 3 heterocycles. The zero-order valence-corrected chi connectivity index (χ0v) is 18.2. The lowest BCUT2D eigenvalue weighted by Crippen LogP contribution is -2.37. The number of hydrogen-bond donors (Lipinski definition) is 1. The molecule has 13 heteroatoms. The third kappa shape index (κ3) is 4.33. The number of ether oxygens (including phenoxy) is 3. The number of nitrogens with zero attached hydrogens (tertiary/aromatic N) is 4. The van der Waals surface area contributed by atoms with E-state index in [1.807, 2.05) is 0 Å². The number of imidazole rings is 1. The van der Waals surface area contributed by atoms with Crippen LogP contribution >= 0.6 is 0 Å². The molecule has 0 aliphatic carbocycles. The van der Waals surface area contributed by atoms with Crippen LogP contribution in [0.2, 0.25) is 0 Å². The summed E-state index contributed by atoms with van der Waals surface area (Å²) in [4.78, 5) is 44.9. The summed E-state index contributed by atoms with van der Waals surface area (Å²) in [5.74, 6) is -2.15. The Morgan fingerprint density at radius 2 is 1.97 bits per heavy atom. The van der Waals surface area contributed by atoms with Gasteiger partial charge in [0.05, 0.1) is 26.3 Å². The summed E-state index contributed by atoms with van der Waals surface area (Å²) < 4.78 is 46.2. The van der Waals surface area contributed by atoms with Crippen LogP contribution < -0.4 is 11.4 Å². The second kappa shape index (κ2) is 9.17. The first-order valence-electron chi connectivity index (χ1n) is 10.2. The molecule has 4 atom stereocenters. The van der Waals surface area contributed by atoms with Crippen molar-refractivity contribution in [3.63, 3.8) is 0 Å². The Kier molecular flexibility index (Phi) is 6.28. The van der Waals surface area contributed by atoms with Crippen molar-refractivity contribution in [3.8, 4) is 0 Å². The average Bonchev–Trinajstić information content (AvgIpc) is 3.22. The summed E-state index contributed by atoms with van der Waals surface area (Å²) in [5.41, 5.74) is 5.87. The van der Waals surface area contributed by atoms with Gasteiger partial charge in [0, 0.05) is 6.92 Å². The summed E-state index contributed by atoms with van der Waals surface area (Å²) in [7, 11) is 1.14. The zero-order valence-electron chi connectivity index (χ0n) is 18.2. The molecular formula is C21H21F2N5O6. The summed E-state index contributed by atoms with van der Waals surface area (Å²) in [6.45, 7) is 1.09. The molecule has 3 aromatic rings. The number of nitrogens with two attached hydrogens (primary N) is 1. The van der Waals surface area contributed by atoms with Crippen molar-refractivity contribution < 1.29 is 32.6 Å². The number of hydrogen-bond acceptors (Lipinski definition) is 9. The van der Waals surface area contributed by atoms with Gasteiger partial charge in [0.1, 0.15) is 17.4 Å². The van der Waals surface area contributed by atoms with Gasteiger partial charge in [-0.2, -0.15) is 4.98 Å². The number of benzene rings is 1. The minimum Gasteiger partial charge on any atom is -0.469 e. The molecule has 1 aliphatic heterocycles. The minimum atomic E-state index is -1.94. The fourth-order valence-electron chi connectivity index (χ4n) is 3.86. The van der Waals surface area contributed by atoms with E-state index < -0.39 is 54.5 Å². The third-order valence-corrected chi connectivity index (χ3v) is 5.39. The molecule has 0 saturated carbocycles. The highest BCUT2D eigenvalue weighted by Gasteiger charge is 2.50. The van der Waals surface area contributed by atoms with Crippen LogP contribution in [0.25, 0.3) is 11.2 Å². The average molecular weight is 477 g/mol. The molecule has 1 fully saturated rings. The maximum Gasteiger partial charge on any atom is 0.332 e. The maximum absolute atomic E-state index is 15.2. The van der Waals surface area contributed by atoms with Crippen molar-refractivity contribution in [2.45, 2.75) is 44.5 Å². The van der Waals surface area contributed by atoms with Crippen molar-refractivity contribution in [3.05, 3.63) is 52.3 Å². The molecule has 11 nitrogen and oxygen atoms in total. The first-order valence-corrected chi connectivity index (χ1v) is 10.2. The van der Waals surface area contributed by atoms with E-state index in [2.05, 4.69) is 14.7 Å². The number of esters is 2. The number of rotatable bonds is 6. The lowest BCUT2D eigenvalue weighted by molar-refractivity contribution is -0.154. The summed E-state index contributed by atoms with van der Waals surface area (Å²) >= 11 is 0. The van der Waals surface area contributed by atoms with E-state index in [1.165, 1.54) is 35.0 Å². The van der Waals surface area contributed by atoms with E-state index in [4.69, 9.17) is 15.2 Å². The second-order valence-corrected chi connectivity index (χ2v) is 7.67. The Balaban J connectivity index is 1.83. The summed E-state index contributed by atoms with van der Waals surface area (Å²) in [5, 5.41) is 0. The first-order chi connectivity index (χ1) is 16.2. The first kappa shape index (κ1) is 23.3. The van der Waals surface area contributed by atoms with Crippen molar-refractivity contribution in [1.82, 2.24) is 19.1 Å². The Labute approximate surface area is 191 Å². The number of nitrogen functional groups attached to an aromatic ring is 1. The molecular weight excluding hydrogens is 456 g/mol. The van der Waals surface area contributed by atoms with E-state index in [1.54, 1.807) is 0 Å². The van der Waals surface area contributed by atoms with Crippen LogP contribution in [-0.2, 0) is 30.3 Å². The van der Waals surface area contributed by atoms with E-state index >= 15 is 4.39 Å². The Morgan fingerprint density at radius 1 is 1.26 bits per heavy atom. The molecule has 0 amide bonds. The van der Waals surface area contributed by atoms with Gasteiger partial charge >= 0.3 is 17.6 Å². The normalized spacial score (nSPS) is 22.1. The number of alkyl halides is 1. The minimum absolute atomic E-state index is 0.00544. The molecule has 2 N–H and O–H groups in total. The van der Waals surface area contributed by atoms with Gasteiger partial charge in [-0.3, -0.25) is 14.2 Å². The third-order valence-electron chi connectivity index (χ3n) is 5.39. The number of aromatic nitrogens is 4. The second-order valence-electron chi connectivity index (χ2n) is 7.67. The molecule has 1 saturated heterocycles. The maximum atomic E-state index is 15.2. The Hall–Kier alpha value is -3.87. The van der Waals surface area contributed by atoms with E-state index in [9.17, 15) is 18.8 Å². The quantitative estimate of drug-likeness (QED) is 0.517. The number of anilines is 1. The van der Waals surface area contributed by atoms with Crippen molar-refractivity contribution >= 4 is 29.1 Å². The molecule has 0 unspecified atom stereocenters. The van der Waals surface area contributed by atoms with Crippen LogP contribution in [0.5, 0.6) is 0 Å². The van der Waals surface area contributed by atoms with Gasteiger partial charge in [-0.05, 0) is 17.7 Å². The van der Waals surface area contributed by atoms with Gasteiger partial charge in [0.15, 0.2) is 24.2 Å². The number of fused-ring (bicyclic) bond motifs is 1. The number of carbonyl (C=O) groups excluding carboxylic acids is 2. The highest BCUT2D eigenvalue weighted by Crippen LogP contribution is 2.36. The lowest BCUT2D eigenvalue weighted by Gasteiger charge is -2.19. The molecule has 0 bridgehead atoms. The van der Waals surface area contributed by atoms with Crippen molar-refractivity contribution in [2.24, 2.45) is 0 Å². The predicted molar refractivity (Wildman–Crippen MR) is 113 cm³/mol. The molecule has 0 radical (unpaired) electrons. The fraction of sp³-hybridized carbons (Fsp3) is 0.381. The van der Waals surface area contributed by atoms with Crippen LogP contribution in [0.3, 0.4) is 0 Å². The van der Waals surface area contributed by atoms with Gasteiger partial charge in [-0.15, -0.1) is 0 Å². The predicted octanol–water partition coefficient (Wildman–Crippen LogP) is 1.09. The molecule has 34 heavy (non-hydrogen) atoms. The number of methoxy groups -OCH3 is 1.